The number of carbonyl (C=O) groups excluding carboxylic acids is 2. The summed E-state index contributed by atoms with van der Waals surface area (Å²) in [6.07, 6.45) is -5.10. The molecule has 0 fully saturated rings. The highest BCUT2D eigenvalue weighted by Crippen LogP contribution is 2.32. The lowest BCUT2D eigenvalue weighted by atomic mass is 10.2. The lowest BCUT2D eigenvalue weighted by Gasteiger charge is -2.23. The largest absolute Gasteiger partial charge is 0.484 e. The van der Waals surface area contributed by atoms with Gasteiger partial charge in [-0.15, -0.1) is 0 Å². The zero-order chi connectivity index (χ0) is 19.6. The molecule has 0 radical (unpaired) electrons. The second kappa shape index (κ2) is 7.18. The predicted molar refractivity (Wildman–Crippen MR) is 90.7 cm³/mol. The van der Waals surface area contributed by atoms with E-state index in [2.05, 4.69) is 10.6 Å². The van der Waals surface area contributed by atoms with Crippen molar-refractivity contribution in [1.29, 1.82) is 0 Å². The van der Waals surface area contributed by atoms with Crippen molar-refractivity contribution < 1.29 is 32.2 Å². The minimum absolute atomic E-state index is 0.0694. The third-order valence-corrected chi connectivity index (χ3v) is 3.73. The number of halogens is 3. The molecule has 0 spiro atoms. The lowest BCUT2D eigenvalue weighted by Crippen LogP contribution is -2.34. The van der Waals surface area contributed by atoms with Crippen molar-refractivity contribution in [1.82, 2.24) is 0 Å². The van der Waals surface area contributed by atoms with E-state index in [-0.39, 0.29) is 11.7 Å². The Morgan fingerprint density at radius 3 is 2.78 bits per heavy atom. The molecular weight excluding hydrogens is 365 g/mol. The Morgan fingerprint density at radius 2 is 2.04 bits per heavy atom. The molecule has 0 saturated heterocycles. The van der Waals surface area contributed by atoms with Crippen LogP contribution in [0.5, 0.6) is 11.5 Å². The van der Waals surface area contributed by atoms with E-state index in [1.807, 2.05) is 0 Å². The monoisotopic (exact) mass is 380 g/mol. The fourth-order valence-corrected chi connectivity index (χ4v) is 2.39. The number of anilines is 2. The van der Waals surface area contributed by atoms with Crippen LogP contribution in [0.3, 0.4) is 0 Å². The number of hydrogen-bond acceptors (Lipinski definition) is 4. The van der Waals surface area contributed by atoms with E-state index >= 15 is 0 Å². The molecular formula is C18H15F3N2O4. The molecule has 0 saturated carbocycles. The summed E-state index contributed by atoms with van der Waals surface area (Å²) in [5, 5.41) is 5.19. The summed E-state index contributed by atoms with van der Waals surface area (Å²) < 4.78 is 48.5. The van der Waals surface area contributed by atoms with Gasteiger partial charge in [0, 0.05) is 5.69 Å². The van der Waals surface area contributed by atoms with Gasteiger partial charge in [0.25, 0.3) is 11.8 Å². The highest BCUT2D eigenvalue weighted by atomic mass is 19.4. The third-order valence-electron chi connectivity index (χ3n) is 3.73. The Hall–Kier alpha value is -3.23. The summed E-state index contributed by atoms with van der Waals surface area (Å²) in [5.41, 5.74) is -0.0698. The Balaban J connectivity index is 1.60. The molecule has 2 N–H and O–H groups in total. The lowest BCUT2D eigenvalue weighted by molar-refractivity contribution is -0.137. The molecule has 9 heteroatoms. The summed E-state index contributed by atoms with van der Waals surface area (Å²) in [6.45, 7) is 1.14. The van der Waals surface area contributed by atoms with Crippen molar-refractivity contribution in [3.8, 4) is 11.5 Å². The van der Waals surface area contributed by atoms with E-state index in [1.165, 1.54) is 18.2 Å². The minimum Gasteiger partial charge on any atom is -0.484 e. The molecule has 0 aliphatic carbocycles. The van der Waals surface area contributed by atoms with E-state index < -0.39 is 30.4 Å². The first-order valence-electron chi connectivity index (χ1n) is 7.94. The predicted octanol–water partition coefficient (Wildman–Crippen LogP) is 3.44. The molecule has 1 aliphatic heterocycles. The van der Waals surface area contributed by atoms with Crippen LogP contribution >= 0.6 is 0 Å². The Morgan fingerprint density at radius 1 is 1.26 bits per heavy atom. The smallest absolute Gasteiger partial charge is 0.416 e. The number of ether oxygens (including phenoxy) is 2. The van der Waals surface area contributed by atoms with Crippen LogP contribution in [0.1, 0.15) is 12.5 Å². The first kappa shape index (κ1) is 18.6. The minimum atomic E-state index is -4.49. The highest BCUT2D eigenvalue weighted by molar-refractivity contribution is 5.99. The van der Waals surface area contributed by atoms with E-state index in [1.54, 1.807) is 19.1 Å². The van der Waals surface area contributed by atoms with E-state index in [4.69, 9.17) is 9.47 Å². The number of nitrogens with one attached hydrogen (secondary N) is 2. The van der Waals surface area contributed by atoms with Crippen LogP contribution in [0.15, 0.2) is 42.5 Å². The molecule has 142 valence electrons. The number of hydrogen-bond donors (Lipinski definition) is 2. The van der Waals surface area contributed by atoms with Gasteiger partial charge in [-0.3, -0.25) is 9.59 Å². The van der Waals surface area contributed by atoms with Gasteiger partial charge in [0.05, 0.1) is 11.3 Å². The fraction of sp³-hybridized carbons (Fsp3) is 0.222. The van der Waals surface area contributed by atoms with Gasteiger partial charge in [0.2, 0.25) is 0 Å². The van der Waals surface area contributed by atoms with Crippen LogP contribution in [0, 0.1) is 0 Å². The molecule has 6 nitrogen and oxygen atoms in total. The molecule has 2 aromatic carbocycles. The average Bonchev–Trinajstić information content (AvgIpc) is 2.61. The molecule has 0 bridgehead atoms. The van der Waals surface area contributed by atoms with Crippen molar-refractivity contribution in [3.05, 3.63) is 48.0 Å². The van der Waals surface area contributed by atoms with E-state index in [9.17, 15) is 22.8 Å². The third kappa shape index (κ3) is 4.49. The average molecular weight is 380 g/mol. The maximum atomic E-state index is 12.7. The molecule has 2 aromatic rings. The number of fused-ring (bicyclic) bond motifs is 1. The first-order valence-corrected chi connectivity index (χ1v) is 7.94. The summed E-state index contributed by atoms with van der Waals surface area (Å²) in [7, 11) is 0. The molecule has 0 aromatic heterocycles. The van der Waals surface area contributed by atoms with Crippen LogP contribution in [-0.2, 0) is 15.8 Å². The van der Waals surface area contributed by atoms with Crippen molar-refractivity contribution >= 4 is 23.2 Å². The number of benzene rings is 2. The zero-order valence-electron chi connectivity index (χ0n) is 14.1. The molecule has 1 heterocycles. The van der Waals surface area contributed by atoms with Crippen molar-refractivity contribution in [2.24, 2.45) is 0 Å². The molecule has 1 aliphatic rings. The SMILES string of the molecule is C[C@@H]1Oc2ccc(NC(=O)COc3cccc(C(F)(F)F)c3)cc2NC1=O. The zero-order valence-corrected chi connectivity index (χ0v) is 14.1. The molecule has 1 atom stereocenters. The molecule has 2 amide bonds. The standard InChI is InChI=1S/C18H15F3N2O4/c1-10-17(25)23-14-8-12(5-6-15(14)27-10)22-16(24)9-26-13-4-2-3-11(7-13)18(19,20)21/h2-8,10H,9H2,1H3,(H,22,24)(H,23,25)/t10-/m0/s1. The quantitative estimate of drug-likeness (QED) is 0.852. The highest BCUT2D eigenvalue weighted by Gasteiger charge is 2.30. The van der Waals surface area contributed by atoms with Gasteiger partial charge in [-0.25, -0.2) is 0 Å². The van der Waals surface area contributed by atoms with Crippen molar-refractivity contribution in [2.75, 3.05) is 17.2 Å². The van der Waals surface area contributed by atoms with Crippen LogP contribution in [0.2, 0.25) is 0 Å². The summed E-state index contributed by atoms with van der Waals surface area (Å²) >= 11 is 0. The number of amides is 2. The number of alkyl halides is 3. The van der Waals surface area contributed by atoms with Crippen LogP contribution in [0.4, 0.5) is 24.5 Å². The van der Waals surface area contributed by atoms with Crippen LogP contribution < -0.4 is 20.1 Å². The maximum absolute atomic E-state index is 12.7. The molecule has 0 unspecified atom stereocenters. The van der Waals surface area contributed by atoms with Crippen molar-refractivity contribution in [2.45, 2.75) is 19.2 Å². The fourth-order valence-electron chi connectivity index (χ4n) is 2.39. The Labute approximate surface area is 152 Å². The summed E-state index contributed by atoms with van der Waals surface area (Å²) in [6, 6.07) is 8.94. The molecule has 27 heavy (non-hydrogen) atoms. The van der Waals surface area contributed by atoms with Gasteiger partial charge in [0.1, 0.15) is 11.5 Å². The number of carbonyl (C=O) groups is 2. The van der Waals surface area contributed by atoms with E-state index in [0.717, 1.165) is 12.1 Å². The first-order chi connectivity index (χ1) is 12.7. The summed E-state index contributed by atoms with van der Waals surface area (Å²) in [4.78, 5) is 23.6. The molecule has 3 rings (SSSR count). The van der Waals surface area contributed by atoms with Gasteiger partial charge >= 0.3 is 6.18 Å². The Bertz CT molecular complexity index is 883. The topological polar surface area (TPSA) is 76.7 Å². The maximum Gasteiger partial charge on any atom is 0.416 e. The van der Waals surface area contributed by atoms with Crippen LogP contribution in [-0.4, -0.2) is 24.5 Å². The second-order valence-corrected chi connectivity index (χ2v) is 5.82. The van der Waals surface area contributed by atoms with Gasteiger partial charge in [-0.05, 0) is 43.3 Å². The normalized spacial score (nSPS) is 16.0. The van der Waals surface area contributed by atoms with Gasteiger partial charge in [0.15, 0.2) is 12.7 Å². The van der Waals surface area contributed by atoms with Crippen molar-refractivity contribution in [3.63, 3.8) is 0 Å². The van der Waals surface area contributed by atoms with Gasteiger partial charge in [-0.1, -0.05) is 6.07 Å². The van der Waals surface area contributed by atoms with Gasteiger partial charge in [-0.2, -0.15) is 13.2 Å². The number of rotatable bonds is 4. The second-order valence-electron chi connectivity index (χ2n) is 5.82. The van der Waals surface area contributed by atoms with E-state index in [0.29, 0.717) is 17.1 Å². The summed E-state index contributed by atoms with van der Waals surface area (Å²) in [5.74, 6) is -0.469. The van der Waals surface area contributed by atoms with Gasteiger partial charge < -0.3 is 20.1 Å². The Kier molecular flexibility index (Phi) is 4.93. The van der Waals surface area contributed by atoms with Crippen LogP contribution in [0.25, 0.3) is 0 Å².